The van der Waals surface area contributed by atoms with Gasteiger partial charge < -0.3 is 0 Å². The molecule has 0 atom stereocenters. The van der Waals surface area contributed by atoms with Crippen LogP contribution in [-0.4, -0.2) is 13.9 Å². The van der Waals surface area contributed by atoms with Crippen LogP contribution in [0.3, 0.4) is 0 Å². The highest BCUT2D eigenvalue weighted by Gasteiger charge is 2.45. The van der Waals surface area contributed by atoms with Crippen LogP contribution in [0.2, 0.25) is 0 Å². The van der Waals surface area contributed by atoms with Crippen LogP contribution in [-0.2, 0) is 16.6 Å². The molecule has 0 aromatic heterocycles. The van der Waals surface area contributed by atoms with Crippen molar-refractivity contribution in [2.24, 2.45) is 0 Å². The second kappa shape index (κ2) is 4.89. The van der Waals surface area contributed by atoms with E-state index in [4.69, 9.17) is 0 Å². The van der Waals surface area contributed by atoms with Crippen LogP contribution in [0.4, 0.5) is 13.2 Å². The van der Waals surface area contributed by atoms with Gasteiger partial charge in [0.1, 0.15) is 0 Å². The predicted molar refractivity (Wildman–Crippen MR) is 58.3 cm³/mol. The van der Waals surface area contributed by atoms with Gasteiger partial charge in [0.05, 0.1) is 0 Å². The molecule has 0 saturated heterocycles. The van der Waals surface area contributed by atoms with E-state index in [9.17, 15) is 21.6 Å². The van der Waals surface area contributed by atoms with E-state index in [0.29, 0.717) is 11.1 Å². The van der Waals surface area contributed by atoms with Gasteiger partial charge in [-0.05, 0) is 11.1 Å². The van der Waals surface area contributed by atoms with Crippen molar-refractivity contribution in [1.29, 1.82) is 0 Å². The molecule has 0 saturated carbocycles. The van der Waals surface area contributed by atoms with Crippen LogP contribution in [0.25, 0.3) is 6.08 Å². The Morgan fingerprint density at radius 3 is 2.41 bits per heavy atom. The molecular formula is C10H10F3NO2S. The topological polar surface area (TPSA) is 46.2 Å². The third-order valence-corrected chi connectivity index (χ3v) is 3.17. The third kappa shape index (κ3) is 3.31. The van der Waals surface area contributed by atoms with E-state index < -0.39 is 22.1 Å². The number of hydrogen-bond donors (Lipinski definition) is 1. The van der Waals surface area contributed by atoms with Gasteiger partial charge in [-0.3, -0.25) is 0 Å². The number of halogens is 3. The summed E-state index contributed by atoms with van der Waals surface area (Å²) in [4.78, 5) is 0. The molecule has 0 fully saturated rings. The zero-order chi connectivity index (χ0) is 13.1. The van der Waals surface area contributed by atoms with Crippen molar-refractivity contribution in [1.82, 2.24) is 4.72 Å². The van der Waals surface area contributed by atoms with Gasteiger partial charge in [-0.25, -0.2) is 13.1 Å². The summed E-state index contributed by atoms with van der Waals surface area (Å²) in [7, 11) is -5.31. The first kappa shape index (κ1) is 13.7. The number of alkyl halides is 3. The smallest absolute Gasteiger partial charge is 0.203 e. The molecule has 0 radical (unpaired) electrons. The van der Waals surface area contributed by atoms with Gasteiger partial charge in [-0.1, -0.05) is 36.9 Å². The quantitative estimate of drug-likeness (QED) is 0.907. The first-order chi connectivity index (χ1) is 7.78. The summed E-state index contributed by atoms with van der Waals surface area (Å²) >= 11 is 0. The van der Waals surface area contributed by atoms with Crippen LogP contribution in [0.1, 0.15) is 11.1 Å². The van der Waals surface area contributed by atoms with E-state index in [1.807, 2.05) is 0 Å². The fourth-order valence-electron chi connectivity index (χ4n) is 1.15. The van der Waals surface area contributed by atoms with Crippen LogP contribution < -0.4 is 4.72 Å². The molecule has 7 heteroatoms. The summed E-state index contributed by atoms with van der Waals surface area (Å²) in [6.45, 7) is 3.06. The van der Waals surface area contributed by atoms with Crippen LogP contribution >= 0.6 is 0 Å². The molecule has 1 rings (SSSR count). The van der Waals surface area contributed by atoms with Gasteiger partial charge >= 0.3 is 15.5 Å². The lowest BCUT2D eigenvalue weighted by atomic mass is 10.1. The molecule has 1 N–H and O–H groups in total. The molecule has 0 aliphatic carbocycles. The maximum atomic E-state index is 12.0. The van der Waals surface area contributed by atoms with Crippen molar-refractivity contribution in [3.8, 4) is 0 Å². The zero-order valence-corrected chi connectivity index (χ0v) is 9.48. The Bertz CT molecular complexity index is 509. The predicted octanol–water partition coefficient (Wildman–Crippen LogP) is 2.27. The SMILES string of the molecule is C=Cc1ccccc1CNS(=O)(=O)C(F)(F)F. The molecule has 0 heterocycles. The Hall–Kier alpha value is -1.34. The normalized spacial score (nSPS) is 12.4. The number of hydrogen-bond acceptors (Lipinski definition) is 2. The monoisotopic (exact) mass is 265 g/mol. The van der Waals surface area contributed by atoms with E-state index >= 15 is 0 Å². The first-order valence-corrected chi connectivity index (χ1v) is 6.02. The molecule has 1 aromatic carbocycles. The highest BCUT2D eigenvalue weighted by Crippen LogP contribution is 2.22. The standard InChI is InChI=1S/C10H10F3NO2S/c1-2-8-5-3-4-6-9(8)7-14-17(15,16)10(11,12)13/h2-6,14H,1,7H2. The summed E-state index contributed by atoms with van der Waals surface area (Å²) in [5.74, 6) is 0. The number of benzene rings is 1. The van der Waals surface area contributed by atoms with Crippen molar-refractivity contribution in [2.45, 2.75) is 12.1 Å². The van der Waals surface area contributed by atoms with Gasteiger partial charge in [0.25, 0.3) is 0 Å². The van der Waals surface area contributed by atoms with E-state index in [2.05, 4.69) is 6.58 Å². The second-order valence-electron chi connectivity index (χ2n) is 3.17. The maximum absolute atomic E-state index is 12.0. The van der Waals surface area contributed by atoms with E-state index in [1.165, 1.54) is 16.9 Å². The van der Waals surface area contributed by atoms with Crippen molar-refractivity contribution in [2.75, 3.05) is 0 Å². The molecule has 17 heavy (non-hydrogen) atoms. The molecule has 0 bridgehead atoms. The number of nitrogens with one attached hydrogen (secondary N) is 1. The third-order valence-electron chi connectivity index (χ3n) is 2.03. The van der Waals surface area contributed by atoms with Gasteiger partial charge in [-0.2, -0.15) is 13.2 Å². The minimum absolute atomic E-state index is 0.426. The minimum atomic E-state index is -5.31. The van der Waals surface area contributed by atoms with Crippen molar-refractivity contribution < 1.29 is 21.6 Å². The van der Waals surface area contributed by atoms with Crippen molar-refractivity contribution in [3.05, 3.63) is 42.0 Å². The Labute approximate surface area is 97.0 Å². The molecule has 0 aliphatic rings. The fourth-order valence-corrected chi connectivity index (χ4v) is 1.66. The highest BCUT2D eigenvalue weighted by atomic mass is 32.2. The number of sulfonamides is 1. The molecule has 94 valence electrons. The maximum Gasteiger partial charge on any atom is 0.511 e. The lowest BCUT2D eigenvalue weighted by Crippen LogP contribution is -2.36. The van der Waals surface area contributed by atoms with Gasteiger partial charge in [0.15, 0.2) is 0 Å². The highest BCUT2D eigenvalue weighted by molar-refractivity contribution is 7.90. The lowest BCUT2D eigenvalue weighted by Gasteiger charge is -2.10. The summed E-state index contributed by atoms with van der Waals surface area (Å²) < 4.78 is 59.2. The minimum Gasteiger partial charge on any atom is -0.203 e. The first-order valence-electron chi connectivity index (χ1n) is 4.54. The van der Waals surface area contributed by atoms with Crippen LogP contribution in [0, 0.1) is 0 Å². The molecule has 0 unspecified atom stereocenters. The Morgan fingerprint density at radius 1 is 1.29 bits per heavy atom. The van der Waals surface area contributed by atoms with Crippen LogP contribution in [0.15, 0.2) is 30.8 Å². The van der Waals surface area contributed by atoms with E-state index in [1.54, 1.807) is 18.2 Å². The Morgan fingerprint density at radius 2 is 1.88 bits per heavy atom. The van der Waals surface area contributed by atoms with Crippen molar-refractivity contribution >= 4 is 16.1 Å². The average Bonchev–Trinajstić information content (AvgIpc) is 2.25. The summed E-state index contributed by atoms with van der Waals surface area (Å²) in [6.07, 6.45) is 1.44. The number of rotatable bonds is 4. The Balaban J connectivity index is 2.85. The summed E-state index contributed by atoms with van der Waals surface area (Å²) in [5.41, 5.74) is -4.29. The van der Waals surface area contributed by atoms with E-state index in [-0.39, 0.29) is 0 Å². The molecular weight excluding hydrogens is 255 g/mol. The fraction of sp³-hybridized carbons (Fsp3) is 0.200. The molecule has 0 spiro atoms. The largest absolute Gasteiger partial charge is 0.511 e. The van der Waals surface area contributed by atoms with Crippen molar-refractivity contribution in [3.63, 3.8) is 0 Å². The zero-order valence-electron chi connectivity index (χ0n) is 8.66. The molecule has 0 amide bonds. The summed E-state index contributed by atoms with van der Waals surface area (Å²) in [6, 6.07) is 6.43. The van der Waals surface area contributed by atoms with Gasteiger partial charge in [-0.15, -0.1) is 0 Å². The molecule has 0 aliphatic heterocycles. The average molecular weight is 265 g/mol. The summed E-state index contributed by atoms with van der Waals surface area (Å²) in [5, 5.41) is 0. The second-order valence-corrected chi connectivity index (χ2v) is 4.93. The van der Waals surface area contributed by atoms with Gasteiger partial charge in [0, 0.05) is 6.54 Å². The Kier molecular flexibility index (Phi) is 3.94. The molecule has 1 aromatic rings. The lowest BCUT2D eigenvalue weighted by molar-refractivity contribution is -0.0448. The molecule has 3 nitrogen and oxygen atoms in total. The van der Waals surface area contributed by atoms with E-state index in [0.717, 1.165) is 0 Å². The van der Waals surface area contributed by atoms with Gasteiger partial charge in [0.2, 0.25) is 0 Å². The van der Waals surface area contributed by atoms with Crippen LogP contribution in [0.5, 0.6) is 0 Å².